The zero-order valence-corrected chi connectivity index (χ0v) is 23.4. The number of benzene rings is 1. The molecule has 5 rings (SSSR count). The highest BCUT2D eigenvalue weighted by Gasteiger charge is 2.66. The van der Waals surface area contributed by atoms with Crippen molar-refractivity contribution >= 4 is 30.8 Å². The first-order valence-electron chi connectivity index (χ1n) is 12.9. The Morgan fingerprint density at radius 1 is 1.30 bits per heavy atom. The second-order valence-corrected chi connectivity index (χ2v) is 11.4. The number of anilines is 1. The van der Waals surface area contributed by atoms with Crippen molar-refractivity contribution in [1.29, 1.82) is 0 Å². The summed E-state index contributed by atoms with van der Waals surface area (Å²) in [7, 11) is -4.17. The quantitative estimate of drug-likeness (QED) is 0.197. The Morgan fingerprint density at radius 3 is 2.67 bits per heavy atom. The molecular formula is C26H31N6O7P. The summed E-state index contributed by atoms with van der Waals surface area (Å²) in [5.41, 5.74) is 6.85. The van der Waals surface area contributed by atoms with Gasteiger partial charge in [0.25, 0.3) is 0 Å². The highest BCUT2D eigenvalue weighted by molar-refractivity contribution is 7.52. The highest BCUT2D eigenvalue weighted by atomic mass is 31.2. The number of para-hydroxylation sites is 1. The normalized spacial score (nSPS) is 25.6. The number of hydrogen-bond donors (Lipinski definition) is 2. The maximum Gasteiger partial charge on any atom is 0.460 e. The van der Waals surface area contributed by atoms with Gasteiger partial charge in [-0.25, -0.2) is 14.3 Å². The average Bonchev–Trinajstić information content (AvgIpc) is 3.20. The molecule has 0 bridgehead atoms. The lowest BCUT2D eigenvalue weighted by Crippen LogP contribution is -2.38. The van der Waals surface area contributed by atoms with E-state index in [-0.39, 0.29) is 23.5 Å². The summed E-state index contributed by atoms with van der Waals surface area (Å²) in [6.45, 7) is 7.59. The molecule has 3 N–H and O–H groups in total. The van der Waals surface area contributed by atoms with Crippen molar-refractivity contribution in [2.75, 3.05) is 12.3 Å². The SMILES string of the molecule is C#C[C@H](NP(=O)(Oc1ccccc1)OC1C2[C@@H]1O[C@@H](n1cnc3c(OCC)nc(N)nc31)[C@H]2C)C(=O)OC(C)C. The van der Waals surface area contributed by atoms with Gasteiger partial charge in [0, 0.05) is 11.8 Å². The number of carbonyl (C=O) groups is 1. The van der Waals surface area contributed by atoms with Crippen LogP contribution in [0.15, 0.2) is 36.7 Å². The molecule has 0 radical (unpaired) electrons. The lowest BCUT2D eigenvalue weighted by atomic mass is 10.1. The third-order valence-corrected chi connectivity index (χ3v) is 8.07. The first kappa shape index (κ1) is 27.9. The molecule has 1 aliphatic heterocycles. The van der Waals surface area contributed by atoms with E-state index >= 15 is 0 Å². The van der Waals surface area contributed by atoms with Crippen LogP contribution in [0, 0.1) is 24.2 Å². The van der Waals surface area contributed by atoms with Crippen LogP contribution < -0.4 is 20.1 Å². The third-order valence-electron chi connectivity index (χ3n) is 6.53. The van der Waals surface area contributed by atoms with Gasteiger partial charge in [-0.3, -0.25) is 9.09 Å². The number of nitrogens with two attached hydrogens (primary N) is 1. The van der Waals surface area contributed by atoms with Gasteiger partial charge in [0.2, 0.25) is 11.8 Å². The first-order valence-corrected chi connectivity index (χ1v) is 14.4. The number of carbonyl (C=O) groups excluding carboxylic acids is 1. The van der Waals surface area contributed by atoms with E-state index in [1.54, 1.807) is 55.1 Å². The zero-order chi connectivity index (χ0) is 28.6. The van der Waals surface area contributed by atoms with Gasteiger partial charge < -0.3 is 24.5 Å². The number of aromatic nitrogens is 4. The summed E-state index contributed by atoms with van der Waals surface area (Å²) < 4.78 is 44.6. The maximum atomic E-state index is 14.0. The Balaban J connectivity index is 1.34. The summed E-state index contributed by atoms with van der Waals surface area (Å²) in [6, 6.07) is 7.10. The Labute approximate surface area is 231 Å². The fraction of sp³-hybridized carbons (Fsp3) is 0.462. The van der Waals surface area contributed by atoms with Crippen molar-refractivity contribution in [3.05, 3.63) is 36.7 Å². The summed E-state index contributed by atoms with van der Waals surface area (Å²) in [6.07, 6.45) is 5.33. The van der Waals surface area contributed by atoms with Crippen LogP contribution in [0.4, 0.5) is 5.95 Å². The second-order valence-electron chi connectivity index (χ2n) is 9.76. The van der Waals surface area contributed by atoms with E-state index in [2.05, 4.69) is 26.0 Å². The van der Waals surface area contributed by atoms with Gasteiger partial charge >= 0.3 is 13.7 Å². The molecule has 2 aromatic heterocycles. The summed E-state index contributed by atoms with van der Waals surface area (Å²) in [4.78, 5) is 25.4. The van der Waals surface area contributed by atoms with Crippen molar-refractivity contribution in [3.8, 4) is 24.0 Å². The Hall–Kier alpha value is -3.69. The van der Waals surface area contributed by atoms with E-state index in [1.807, 2.05) is 13.8 Å². The first-order chi connectivity index (χ1) is 19.1. The van der Waals surface area contributed by atoms with E-state index in [0.29, 0.717) is 23.7 Å². The molecule has 0 amide bonds. The van der Waals surface area contributed by atoms with Crippen LogP contribution in [0.1, 0.15) is 33.9 Å². The molecule has 7 atom stereocenters. The molecule has 3 heterocycles. The molecule has 3 unspecified atom stereocenters. The molecular weight excluding hydrogens is 539 g/mol. The molecule has 40 heavy (non-hydrogen) atoms. The van der Waals surface area contributed by atoms with Crippen molar-refractivity contribution in [2.24, 2.45) is 11.8 Å². The predicted molar refractivity (Wildman–Crippen MR) is 144 cm³/mol. The maximum absolute atomic E-state index is 14.0. The van der Waals surface area contributed by atoms with Crippen LogP contribution in [-0.4, -0.2) is 56.4 Å². The lowest BCUT2D eigenvalue weighted by molar-refractivity contribution is -0.148. The van der Waals surface area contributed by atoms with Crippen molar-refractivity contribution < 1.29 is 32.6 Å². The van der Waals surface area contributed by atoms with Gasteiger partial charge in [0.15, 0.2) is 17.2 Å². The Morgan fingerprint density at radius 2 is 2.05 bits per heavy atom. The monoisotopic (exact) mass is 570 g/mol. The van der Waals surface area contributed by atoms with E-state index < -0.39 is 44.3 Å². The molecule has 2 fully saturated rings. The van der Waals surface area contributed by atoms with Gasteiger partial charge in [-0.2, -0.15) is 15.1 Å². The minimum absolute atomic E-state index is 0.0545. The van der Waals surface area contributed by atoms with E-state index in [9.17, 15) is 9.36 Å². The standard InChI is InChI=1S/C26H31N6O7P/c1-6-17(25(33)36-14(3)4)31-40(34,38-16-11-9-8-10-12-16)39-21-18-15(5)24(37-20(18)21)32-13-28-19-22(32)29-26(27)30-23(19)35-7-2/h1,8-15,17-18,20-21,24H,7H2,2-5H3,(H,31,34)(H2,27,29,30)/t15-,17-,18?,20-,21?,24+,40?/m0/s1. The topological polar surface area (TPSA) is 162 Å². The molecule has 1 saturated carbocycles. The molecule has 212 valence electrons. The third kappa shape index (κ3) is 5.48. The van der Waals surface area contributed by atoms with Crippen LogP contribution in [0.3, 0.4) is 0 Å². The smallest absolute Gasteiger partial charge is 0.460 e. The summed E-state index contributed by atoms with van der Waals surface area (Å²) in [5.74, 6) is 1.90. The number of rotatable bonds is 11. The molecule has 1 saturated heterocycles. The number of imidazole rings is 1. The molecule has 0 spiro atoms. The molecule has 14 heteroatoms. The fourth-order valence-electron chi connectivity index (χ4n) is 4.77. The van der Waals surface area contributed by atoms with Crippen molar-refractivity contribution in [1.82, 2.24) is 24.6 Å². The fourth-order valence-corrected chi connectivity index (χ4v) is 6.41. The van der Waals surface area contributed by atoms with Gasteiger partial charge in [-0.05, 0) is 32.9 Å². The number of nitrogens with zero attached hydrogens (tertiary/aromatic N) is 4. The predicted octanol–water partition coefficient (Wildman–Crippen LogP) is 3.09. The van der Waals surface area contributed by atoms with Gasteiger partial charge in [0.1, 0.15) is 18.1 Å². The van der Waals surface area contributed by atoms with E-state index in [1.165, 1.54) is 0 Å². The number of nitrogen functional groups attached to an aromatic ring is 1. The van der Waals surface area contributed by atoms with Crippen molar-refractivity contribution in [2.45, 2.75) is 58.3 Å². The van der Waals surface area contributed by atoms with Gasteiger partial charge in [-0.1, -0.05) is 31.0 Å². The van der Waals surface area contributed by atoms with E-state index in [0.717, 1.165) is 0 Å². The number of fused-ring (bicyclic) bond motifs is 2. The van der Waals surface area contributed by atoms with Crippen LogP contribution >= 0.6 is 7.75 Å². The molecule has 13 nitrogen and oxygen atoms in total. The lowest BCUT2D eigenvalue weighted by Gasteiger charge is -2.26. The van der Waals surface area contributed by atoms with Crippen LogP contribution in [0.25, 0.3) is 11.2 Å². The van der Waals surface area contributed by atoms with Gasteiger partial charge in [0.05, 0.1) is 25.1 Å². The van der Waals surface area contributed by atoms with Gasteiger partial charge in [-0.15, -0.1) is 6.42 Å². The highest BCUT2D eigenvalue weighted by Crippen LogP contribution is 2.61. The molecule has 1 aliphatic carbocycles. The molecule has 1 aromatic carbocycles. The van der Waals surface area contributed by atoms with Crippen molar-refractivity contribution in [3.63, 3.8) is 0 Å². The van der Waals surface area contributed by atoms with Crippen LogP contribution in [0.5, 0.6) is 11.6 Å². The number of ether oxygens (including phenoxy) is 3. The Bertz CT molecular complexity index is 1480. The number of esters is 1. The average molecular weight is 571 g/mol. The summed E-state index contributed by atoms with van der Waals surface area (Å²) >= 11 is 0. The second kappa shape index (κ2) is 11.1. The van der Waals surface area contributed by atoms with Crippen LogP contribution in [-0.2, 0) is 23.4 Å². The number of hydrogen-bond acceptors (Lipinski definition) is 11. The number of terminal acetylenes is 1. The van der Waals surface area contributed by atoms with E-state index in [4.69, 9.17) is 35.4 Å². The zero-order valence-electron chi connectivity index (χ0n) is 22.5. The molecule has 3 aromatic rings. The summed E-state index contributed by atoms with van der Waals surface area (Å²) in [5, 5.41) is 2.58. The number of nitrogens with one attached hydrogen (secondary N) is 1. The van der Waals surface area contributed by atoms with Crippen LogP contribution in [0.2, 0.25) is 0 Å². The minimum atomic E-state index is -4.17. The minimum Gasteiger partial charge on any atom is -0.476 e. The molecule has 2 aliphatic rings. The Kier molecular flexibility index (Phi) is 7.70. The largest absolute Gasteiger partial charge is 0.476 e.